The summed E-state index contributed by atoms with van der Waals surface area (Å²) in [5, 5.41) is 11.5. The van der Waals surface area contributed by atoms with Gasteiger partial charge in [-0.15, -0.1) is 0 Å². The second-order valence-electron chi connectivity index (χ2n) is 5.11. The zero-order valence-electron chi connectivity index (χ0n) is 11.7. The summed E-state index contributed by atoms with van der Waals surface area (Å²) in [4.78, 5) is 22.5. The van der Waals surface area contributed by atoms with E-state index in [1.807, 2.05) is 27.7 Å². The van der Waals surface area contributed by atoms with Gasteiger partial charge in [0.2, 0.25) is 5.91 Å². The highest BCUT2D eigenvalue weighted by Gasteiger charge is 2.20. The van der Waals surface area contributed by atoms with E-state index in [4.69, 9.17) is 9.84 Å². The van der Waals surface area contributed by atoms with E-state index in [0.29, 0.717) is 25.9 Å². The Morgan fingerprint density at radius 2 is 1.83 bits per heavy atom. The number of hydrogen-bond acceptors (Lipinski definition) is 3. The van der Waals surface area contributed by atoms with E-state index >= 15 is 0 Å². The fourth-order valence-electron chi connectivity index (χ4n) is 1.51. The zero-order chi connectivity index (χ0) is 14.1. The van der Waals surface area contributed by atoms with Gasteiger partial charge in [-0.25, -0.2) is 4.79 Å². The molecule has 1 atom stereocenters. The van der Waals surface area contributed by atoms with Gasteiger partial charge in [0.25, 0.3) is 0 Å². The highest BCUT2D eigenvalue weighted by Crippen LogP contribution is 2.05. The fourth-order valence-corrected chi connectivity index (χ4v) is 1.51. The van der Waals surface area contributed by atoms with Crippen LogP contribution in [0, 0.1) is 5.92 Å². The van der Waals surface area contributed by atoms with Gasteiger partial charge in [-0.2, -0.15) is 0 Å². The van der Waals surface area contributed by atoms with Crippen molar-refractivity contribution in [1.29, 1.82) is 0 Å². The van der Waals surface area contributed by atoms with Crippen LogP contribution in [0.3, 0.4) is 0 Å². The molecule has 0 aromatic carbocycles. The van der Waals surface area contributed by atoms with Crippen molar-refractivity contribution >= 4 is 11.9 Å². The van der Waals surface area contributed by atoms with Gasteiger partial charge in [-0.3, -0.25) is 4.79 Å². The van der Waals surface area contributed by atoms with Crippen molar-refractivity contribution in [3.8, 4) is 0 Å². The molecule has 18 heavy (non-hydrogen) atoms. The minimum Gasteiger partial charge on any atom is -0.480 e. The SMILES string of the molecule is CC(C)C[C@H](NC(=O)CCCOC(C)C)C(=O)O. The van der Waals surface area contributed by atoms with Crippen molar-refractivity contribution in [2.75, 3.05) is 6.61 Å². The van der Waals surface area contributed by atoms with Crippen LogP contribution in [0.15, 0.2) is 0 Å². The summed E-state index contributed by atoms with van der Waals surface area (Å²) in [7, 11) is 0. The second kappa shape index (κ2) is 8.91. The maximum atomic E-state index is 11.6. The lowest BCUT2D eigenvalue weighted by molar-refractivity contribution is -0.142. The van der Waals surface area contributed by atoms with Crippen molar-refractivity contribution < 1.29 is 19.4 Å². The Bertz CT molecular complexity index is 264. The number of carboxylic acids is 1. The lowest BCUT2D eigenvalue weighted by atomic mass is 10.0. The number of ether oxygens (including phenoxy) is 1. The summed E-state index contributed by atoms with van der Waals surface area (Å²) in [5.41, 5.74) is 0. The van der Waals surface area contributed by atoms with Crippen LogP contribution in [0.1, 0.15) is 47.0 Å². The van der Waals surface area contributed by atoms with Crippen LogP contribution in [0.25, 0.3) is 0 Å². The Morgan fingerprint density at radius 1 is 1.22 bits per heavy atom. The minimum absolute atomic E-state index is 0.153. The molecule has 2 N–H and O–H groups in total. The van der Waals surface area contributed by atoms with E-state index in [9.17, 15) is 9.59 Å². The van der Waals surface area contributed by atoms with Crippen LogP contribution < -0.4 is 5.32 Å². The lowest BCUT2D eigenvalue weighted by Crippen LogP contribution is -2.41. The van der Waals surface area contributed by atoms with Crippen LogP contribution in [0.4, 0.5) is 0 Å². The van der Waals surface area contributed by atoms with E-state index in [1.165, 1.54) is 0 Å². The summed E-state index contributed by atoms with van der Waals surface area (Å²) in [6.45, 7) is 8.25. The Hall–Kier alpha value is -1.10. The third-order valence-electron chi connectivity index (χ3n) is 2.34. The van der Waals surface area contributed by atoms with Gasteiger partial charge in [0, 0.05) is 13.0 Å². The summed E-state index contributed by atoms with van der Waals surface area (Å²) in [6, 6.07) is -0.788. The molecule has 106 valence electrons. The second-order valence-corrected chi connectivity index (χ2v) is 5.11. The molecular formula is C13H25NO4. The highest BCUT2D eigenvalue weighted by molar-refractivity contribution is 5.83. The molecule has 0 radical (unpaired) electrons. The molecule has 0 fully saturated rings. The monoisotopic (exact) mass is 259 g/mol. The summed E-state index contributed by atoms with van der Waals surface area (Å²) in [6.07, 6.45) is 1.51. The van der Waals surface area contributed by atoms with Crippen LogP contribution in [0.5, 0.6) is 0 Å². The summed E-state index contributed by atoms with van der Waals surface area (Å²) in [5.74, 6) is -0.971. The average molecular weight is 259 g/mol. The zero-order valence-corrected chi connectivity index (χ0v) is 11.7. The third kappa shape index (κ3) is 8.98. The number of carbonyl (C=O) groups excluding carboxylic acids is 1. The van der Waals surface area contributed by atoms with Crippen molar-refractivity contribution in [2.45, 2.75) is 59.1 Å². The topological polar surface area (TPSA) is 75.6 Å². The van der Waals surface area contributed by atoms with Crippen molar-refractivity contribution in [2.24, 2.45) is 5.92 Å². The normalized spacial score (nSPS) is 12.8. The molecule has 0 bridgehead atoms. The van der Waals surface area contributed by atoms with E-state index in [0.717, 1.165) is 0 Å². The third-order valence-corrected chi connectivity index (χ3v) is 2.34. The van der Waals surface area contributed by atoms with Gasteiger partial charge in [-0.1, -0.05) is 13.8 Å². The van der Waals surface area contributed by atoms with Gasteiger partial charge in [0.05, 0.1) is 6.10 Å². The molecule has 1 amide bonds. The molecular weight excluding hydrogens is 234 g/mol. The number of aliphatic carboxylic acids is 1. The predicted molar refractivity (Wildman–Crippen MR) is 69.3 cm³/mol. The quantitative estimate of drug-likeness (QED) is 0.619. The molecule has 0 rings (SSSR count). The Labute approximate surface area is 109 Å². The number of carbonyl (C=O) groups is 2. The lowest BCUT2D eigenvalue weighted by Gasteiger charge is -2.16. The number of amides is 1. The summed E-state index contributed by atoms with van der Waals surface area (Å²) >= 11 is 0. The van der Waals surface area contributed by atoms with Crippen molar-refractivity contribution in [3.05, 3.63) is 0 Å². The van der Waals surface area contributed by atoms with Crippen molar-refractivity contribution in [3.63, 3.8) is 0 Å². The molecule has 0 heterocycles. The Kier molecular flexibility index (Phi) is 8.37. The molecule has 0 spiro atoms. The van der Waals surface area contributed by atoms with Crippen LogP contribution in [0.2, 0.25) is 0 Å². The molecule has 0 aromatic heterocycles. The number of carboxylic acid groups (broad SMARTS) is 1. The first-order chi connectivity index (χ1) is 8.32. The first kappa shape index (κ1) is 16.9. The maximum Gasteiger partial charge on any atom is 0.326 e. The van der Waals surface area contributed by atoms with Gasteiger partial charge < -0.3 is 15.2 Å². The number of rotatable bonds is 9. The summed E-state index contributed by atoms with van der Waals surface area (Å²) < 4.78 is 5.31. The molecule has 0 saturated heterocycles. The molecule has 0 unspecified atom stereocenters. The molecule has 5 nitrogen and oxygen atoms in total. The van der Waals surface area contributed by atoms with E-state index in [1.54, 1.807) is 0 Å². The standard InChI is InChI=1S/C13H25NO4/c1-9(2)8-11(13(16)17)14-12(15)6-5-7-18-10(3)4/h9-11H,5-8H2,1-4H3,(H,14,15)(H,16,17)/t11-/m0/s1. The van der Waals surface area contributed by atoms with Gasteiger partial charge in [0.1, 0.15) is 6.04 Å². The average Bonchev–Trinajstić information content (AvgIpc) is 2.22. The highest BCUT2D eigenvalue weighted by atomic mass is 16.5. The van der Waals surface area contributed by atoms with Gasteiger partial charge in [0.15, 0.2) is 0 Å². The predicted octanol–water partition coefficient (Wildman–Crippen LogP) is 1.81. The first-order valence-electron chi connectivity index (χ1n) is 6.46. The smallest absolute Gasteiger partial charge is 0.326 e. The molecule has 0 saturated carbocycles. The number of hydrogen-bond donors (Lipinski definition) is 2. The fraction of sp³-hybridized carbons (Fsp3) is 0.846. The first-order valence-corrected chi connectivity index (χ1v) is 6.46. The van der Waals surface area contributed by atoms with E-state index in [2.05, 4.69) is 5.32 Å². The van der Waals surface area contributed by atoms with Gasteiger partial charge >= 0.3 is 5.97 Å². The Balaban J connectivity index is 3.92. The molecule has 0 aliphatic heterocycles. The van der Waals surface area contributed by atoms with Crippen LogP contribution >= 0.6 is 0 Å². The molecule has 0 aliphatic carbocycles. The Morgan fingerprint density at radius 3 is 2.28 bits per heavy atom. The van der Waals surface area contributed by atoms with E-state index in [-0.39, 0.29) is 17.9 Å². The van der Waals surface area contributed by atoms with Crippen LogP contribution in [-0.2, 0) is 14.3 Å². The van der Waals surface area contributed by atoms with Crippen molar-refractivity contribution in [1.82, 2.24) is 5.32 Å². The largest absolute Gasteiger partial charge is 0.480 e. The minimum atomic E-state index is -0.976. The molecule has 5 heteroatoms. The number of nitrogens with one attached hydrogen (secondary N) is 1. The van der Waals surface area contributed by atoms with E-state index < -0.39 is 12.0 Å². The van der Waals surface area contributed by atoms with Crippen LogP contribution in [-0.4, -0.2) is 35.7 Å². The molecule has 0 aliphatic rings. The molecule has 0 aromatic rings. The maximum absolute atomic E-state index is 11.6. The van der Waals surface area contributed by atoms with Gasteiger partial charge in [-0.05, 0) is 32.6 Å².